The van der Waals surface area contributed by atoms with Gasteiger partial charge in [-0.3, -0.25) is 0 Å². The second-order valence-electron chi connectivity index (χ2n) is 2.42. The van der Waals surface area contributed by atoms with Gasteiger partial charge in [-0.2, -0.15) is 0 Å². The van der Waals surface area contributed by atoms with E-state index in [1.807, 2.05) is 0 Å². The van der Waals surface area contributed by atoms with Crippen molar-refractivity contribution in [3.63, 3.8) is 0 Å². The van der Waals surface area contributed by atoms with Gasteiger partial charge in [-0.15, -0.1) is 0 Å². The van der Waals surface area contributed by atoms with Gasteiger partial charge in [0.25, 0.3) is 0 Å². The van der Waals surface area contributed by atoms with Crippen LogP contribution in [0.3, 0.4) is 0 Å². The first-order chi connectivity index (χ1) is 3.81. The molecule has 0 aromatic heterocycles. The first-order valence-electron chi connectivity index (χ1n) is 3.64. The van der Waals surface area contributed by atoms with Crippen LogP contribution in [0.5, 0.6) is 0 Å². The van der Waals surface area contributed by atoms with E-state index >= 15 is 0 Å². The quantitative estimate of drug-likeness (QED) is 0.501. The Bertz CT molecular complexity index is 43.8. The molecule has 0 saturated heterocycles. The Morgan fingerprint density at radius 1 is 1.33 bits per heavy atom. The molecule has 0 aromatic rings. The first-order valence-corrected chi connectivity index (χ1v) is 3.64. The van der Waals surface area contributed by atoms with Crippen LogP contribution in [0, 0.1) is 12.8 Å². The second-order valence-corrected chi connectivity index (χ2v) is 2.42. The molecule has 0 saturated carbocycles. The molecular weight excluding hydrogens is 103 g/mol. The van der Waals surface area contributed by atoms with Crippen LogP contribution in [0.1, 0.15) is 39.5 Å². The van der Waals surface area contributed by atoms with Crippen molar-refractivity contribution in [1.29, 1.82) is 0 Å². The van der Waals surface area contributed by atoms with Crippen LogP contribution in [-0.2, 0) is 0 Å². The molecule has 0 nitrogen and oxygen atoms in total. The van der Waals surface area contributed by atoms with Crippen molar-refractivity contribution in [2.45, 2.75) is 39.5 Å². The third-order valence-electron chi connectivity index (χ3n) is 1.54. The van der Waals surface area contributed by atoms with Gasteiger partial charge < -0.3 is 0 Å². The molecule has 0 N–H and O–H groups in total. The van der Waals surface area contributed by atoms with E-state index in [9.17, 15) is 0 Å². The van der Waals surface area contributed by atoms with Gasteiger partial charge in [-0.1, -0.05) is 46.5 Å². The zero-order valence-corrected chi connectivity index (χ0v) is 6.11. The Kier molecular flexibility index (Phi) is 11.7. The zero-order chi connectivity index (χ0) is 6.41. The molecule has 51 valence electrons. The molecule has 0 amide bonds. The molecule has 0 heterocycles. The fourth-order valence-electron chi connectivity index (χ4n) is 0.697. The van der Waals surface area contributed by atoms with Gasteiger partial charge >= 0.3 is 18.9 Å². The summed E-state index contributed by atoms with van der Waals surface area (Å²) < 4.78 is 0. The number of rotatable bonds is 4. The van der Waals surface area contributed by atoms with Crippen molar-refractivity contribution < 1.29 is 0 Å². The van der Waals surface area contributed by atoms with Gasteiger partial charge in [0.2, 0.25) is 0 Å². The molecule has 0 fully saturated rings. The zero-order valence-electron chi connectivity index (χ0n) is 6.11. The summed E-state index contributed by atoms with van der Waals surface area (Å²) in [4.78, 5) is 0. The van der Waals surface area contributed by atoms with Gasteiger partial charge in [0.05, 0.1) is 0 Å². The number of hydrogen-bond donors (Lipinski definition) is 0. The molecule has 0 bridgehead atoms. The van der Waals surface area contributed by atoms with Crippen molar-refractivity contribution >= 4 is 18.9 Å². The minimum absolute atomic E-state index is 0. The summed E-state index contributed by atoms with van der Waals surface area (Å²) >= 11 is 0. The van der Waals surface area contributed by atoms with Crippen LogP contribution >= 0.6 is 0 Å². The summed E-state index contributed by atoms with van der Waals surface area (Å²) in [6.45, 7) is 8.42. The summed E-state index contributed by atoms with van der Waals surface area (Å²) in [6, 6.07) is 0. The summed E-state index contributed by atoms with van der Waals surface area (Å²) in [5.74, 6) is 0.704. The van der Waals surface area contributed by atoms with Gasteiger partial charge in [0.15, 0.2) is 0 Å². The van der Waals surface area contributed by atoms with E-state index in [-0.39, 0.29) is 18.9 Å². The molecule has 0 aromatic carbocycles. The SMILES string of the molecule is [CH2]C(CC)CCCC.[LiH]. The molecule has 1 heteroatoms. The van der Waals surface area contributed by atoms with Gasteiger partial charge in [0, 0.05) is 0 Å². The average Bonchev–Trinajstić information content (AvgIpc) is 1.83. The Morgan fingerprint density at radius 2 is 1.89 bits per heavy atom. The van der Waals surface area contributed by atoms with E-state index in [0.717, 1.165) is 0 Å². The molecule has 9 heavy (non-hydrogen) atoms. The molecular formula is C8H18Li. The maximum absolute atomic E-state index is 3.99. The van der Waals surface area contributed by atoms with Gasteiger partial charge in [0.1, 0.15) is 0 Å². The summed E-state index contributed by atoms with van der Waals surface area (Å²) in [5.41, 5.74) is 0. The molecule has 0 aliphatic rings. The number of hydrogen-bond acceptors (Lipinski definition) is 0. The Balaban J connectivity index is 0. The van der Waals surface area contributed by atoms with Crippen molar-refractivity contribution in [2.75, 3.05) is 0 Å². The Labute approximate surface area is 71.6 Å². The van der Waals surface area contributed by atoms with E-state index < -0.39 is 0 Å². The standard InChI is InChI=1S/C8H17.Li.H/c1-4-6-7-8(3)5-2;;/h8H,3-7H2,1-2H3;;. The average molecular weight is 121 g/mol. The molecule has 0 aliphatic carbocycles. The Morgan fingerprint density at radius 3 is 2.22 bits per heavy atom. The monoisotopic (exact) mass is 121 g/mol. The fraction of sp³-hybridized carbons (Fsp3) is 0.875. The van der Waals surface area contributed by atoms with Gasteiger partial charge in [-0.05, 0) is 5.92 Å². The fourth-order valence-corrected chi connectivity index (χ4v) is 0.697. The van der Waals surface area contributed by atoms with Crippen LogP contribution in [0.4, 0.5) is 0 Å². The van der Waals surface area contributed by atoms with Crippen LogP contribution < -0.4 is 0 Å². The molecule has 0 spiro atoms. The first kappa shape index (κ1) is 12.3. The van der Waals surface area contributed by atoms with Crippen molar-refractivity contribution in [3.8, 4) is 0 Å². The number of unbranched alkanes of at least 4 members (excludes halogenated alkanes) is 1. The summed E-state index contributed by atoms with van der Waals surface area (Å²) in [7, 11) is 0. The van der Waals surface area contributed by atoms with Crippen molar-refractivity contribution in [3.05, 3.63) is 6.92 Å². The van der Waals surface area contributed by atoms with Crippen molar-refractivity contribution in [1.82, 2.24) is 0 Å². The summed E-state index contributed by atoms with van der Waals surface area (Å²) in [6.07, 6.45) is 5.21. The van der Waals surface area contributed by atoms with E-state index in [0.29, 0.717) is 5.92 Å². The van der Waals surface area contributed by atoms with E-state index in [4.69, 9.17) is 0 Å². The third-order valence-corrected chi connectivity index (χ3v) is 1.54. The summed E-state index contributed by atoms with van der Waals surface area (Å²) in [5, 5.41) is 0. The van der Waals surface area contributed by atoms with E-state index in [1.165, 1.54) is 25.7 Å². The molecule has 1 unspecified atom stereocenters. The van der Waals surface area contributed by atoms with Gasteiger partial charge in [-0.25, -0.2) is 0 Å². The van der Waals surface area contributed by atoms with Crippen molar-refractivity contribution in [2.24, 2.45) is 5.92 Å². The predicted molar refractivity (Wildman–Crippen MR) is 45.8 cm³/mol. The predicted octanol–water partition coefficient (Wildman–Crippen LogP) is 2.39. The van der Waals surface area contributed by atoms with E-state index in [1.54, 1.807) is 0 Å². The normalized spacial score (nSPS) is 12.3. The molecule has 1 radical (unpaired) electrons. The molecule has 0 aliphatic heterocycles. The van der Waals surface area contributed by atoms with E-state index in [2.05, 4.69) is 20.8 Å². The van der Waals surface area contributed by atoms with Crippen LogP contribution in [0.15, 0.2) is 0 Å². The Hall–Kier alpha value is 0.597. The van der Waals surface area contributed by atoms with Crippen LogP contribution in [-0.4, -0.2) is 18.9 Å². The molecule has 1 atom stereocenters. The molecule has 0 rings (SSSR count). The van der Waals surface area contributed by atoms with Crippen LogP contribution in [0.25, 0.3) is 0 Å². The minimum atomic E-state index is 0. The maximum atomic E-state index is 3.99. The van der Waals surface area contributed by atoms with Crippen LogP contribution in [0.2, 0.25) is 0 Å². The topological polar surface area (TPSA) is 0 Å². The third kappa shape index (κ3) is 8.60. The second kappa shape index (κ2) is 8.60.